The Kier molecular flexibility index (Phi) is 4.88. The van der Waals surface area contributed by atoms with E-state index in [0.717, 1.165) is 6.54 Å². The van der Waals surface area contributed by atoms with Crippen molar-refractivity contribution < 1.29 is 8.78 Å². The molecule has 1 aromatic heterocycles. The lowest BCUT2D eigenvalue weighted by Crippen LogP contribution is -2.17. The molecule has 1 rings (SSSR count). The Balaban J connectivity index is 2.81. The molecule has 2 N–H and O–H groups in total. The summed E-state index contributed by atoms with van der Waals surface area (Å²) in [6.45, 7) is 1.15. The maximum atomic E-state index is 12.8. The lowest BCUT2D eigenvalue weighted by atomic mass is 10.3. The topological polar surface area (TPSA) is 60.0 Å². The van der Waals surface area contributed by atoms with Crippen molar-refractivity contribution in [1.29, 1.82) is 0 Å². The van der Waals surface area contributed by atoms with E-state index >= 15 is 0 Å². The van der Waals surface area contributed by atoms with Crippen molar-refractivity contribution in [2.24, 2.45) is 5.73 Å². The van der Waals surface area contributed by atoms with E-state index < -0.39 is 6.43 Å². The van der Waals surface area contributed by atoms with Crippen molar-refractivity contribution in [3.63, 3.8) is 0 Å². The fraction of sp³-hybridized carbons (Fsp3) is 0.667. The molecule has 0 saturated heterocycles. The van der Waals surface area contributed by atoms with Crippen LogP contribution in [0.25, 0.3) is 0 Å². The van der Waals surface area contributed by atoms with E-state index in [9.17, 15) is 8.78 Å². The summed E-state index contributed by atoms with van der Waals surface area (Å²) in [5.74, 6) is 0. The van der Waals surface area contributed by atoms with Crippen LogP contribution >= 0.6 is 12.2 Å². The van der Waals surface area contributed by atoms with Gasteiger partial charge < -0.3 is 10.6 Å². The normalized spacial score (nSPS) is 11.4. The number of rotatable bonds is 6. The fourth-order valence-electron chi connectivity index (χ4n) is 1.41. The van der Waals surface area contributed by atoms with Crippen molar-refractivity contribution in [1.82, 2.24) is 19.9 Å². The molecule has 0 bridgehead atoms. The van der Waals surface area contributed by atoms with Gasteiger partial charge in [-0.3, -0.25) is 0 Å². The summed E-state index contributed by atoms with van der Waals surface area (Å²) in [5.41, 5.74) is 4.94. The largest absolute Gasteiger partial charge is 0.388 e. The Bertz CT molecular complexity index is 391. The van der Waals surface area contributed by atoms with Gasteiger partial charge in [-0.1, -0.05) is 17.4 Å². The first-order valence-corrected chi connectivity index (χ1v) is 5.50. The van der Waals surface area contributed by atoms with Crippen LogP contribution < -0.4 is 5.73 Å². The monoisotopic (exact) mass is 263 g/mol. The minimum absolute atomic E-state index is 0.0835. The molecule has 0 spiro atoms. The van der Waals surface area contributed by atoms with Crippen molar-refractivity contribution >= 4 is 17.2 Å². The van der Waals surface area contributed by atoms with Crippen molar-refractivity contribution in [3.05, 3.63) is 11.4 Å². The highest BCUT2D eigenvalue weighted by atomic mass is 32.1. The van der Waals surface area contributed by atoms with Crippen LogP contribution in [0, 0.1) is 0 Å². The Hall–Kier alpha value is -1.15. The molecular weight excluding hydrogens is 248 g/mol. The predicted molar refractivity (Wildman–Crippen MR) is 64.0 cm³/mol. The number of nitrogens with two attached hydrogens (primary N) is 1. The molecule has 5 nitrogen and oxygen atoms in total. The SMILES string of the molecule is CN(C)CCCn1nnc(C(N)=S)c1C(F)F. The zero-order valence-corrected chi connectivity index (χ0v) is 10.5. The Morgan fingerprint density at radius 1 is 1.53 bits per heavy atom. The molecule has 0 aliphatic rings. The molecule has 0 aromatic carbocycles. The predicted octanol–water partition coefficient (Wildman–Crippen LogP) is 0.802. The second kappa shape index (κ2) is 5.97. The number of hydrogen-bond donors (Lipinski definition) is 1. The molecule has 0 saturated carbocycles. The van der Waals surface area contributed by atoms with Gasteiger partial charge in [-0.05, 0) is 27.1 Å². The van der Waals surface area contributed by atoms with E-state index in [1.165, 1.54) is 4.68 Å². The van der Waals surface area contributed by atoms with Gasteiger partial charge in [0.15, 0.2) is 0 Å². The lowest BCUT2D eigenvalue weighted by Gasteiger charge is -2.10. The molecule has 96 valence electrons. The van der Waals surface area contributed by atoms with Gasteiger partial charge in [0, 0.05) is 6.54 Å². The second-order valence-corrected chi connectivity index (χ2v) is 4.31. The number of nitrogens with zero attached hydrogens (tertiary/aromatic N) is 4. The highest BCUT2D eigenvalue weighted by Gasteiger charge is 2.22. The van der Waals surface area contributed by atoms with Crippen LogP contribution in [0.2, 0.25) is 0 Å². The van der Waals surface area contributed by atoms with E-state index in [2.05, 4.69) is 22.5 Å². The van der Waals surface area contributed by atoms with Gasteiger partial charge in [0.05, 0.1) is 0 Å². The van der Waals surface area contributed by atoms with E-state index in [1.807, 2.05) is 19.0 Å². The second-order valence-electron chi connectivity index (χ2n) is 3.87. The van der Waals surface area contributed by atoms with Gasteiger partial charge in [-0.25, -0.2) is 13.5 Å². The zero-order valence-electron chi connectivity index (χ0n) is 9.73. The minimum atomic E-state index is -2.68. The highest BCUT2D eigenvalue weighted by Crippen LogP contribution is 2.21. The van der Waals surface area contributed by atoms with Crippen LogP contribution in [0.1, 0.15) is 24.2 Å². The van der Waals surface area contributed by atoms with Crippen LogP contribution in [0.3, 0.4) is 0 Å². The van der Waals surface area contributed by atoms with Gasteiger partial charge in [0.25, 0.3) is 6.43 Å². The maximum absolute atomic E-state index is 12.8. The summed E-state index contributed by atoms with van der Waals surface area (Å²) in [5, 5.41) is 7.24. The average Bonchev–Trinajstić information content (AvgIpc) is 2.61. The number of hydrogen-bond acceptors (Lipinski definition) is 4. The van der Waals surface area contributed by atoms with Crippen molar-refractivity contribution in [2.75, 3.05) is 20.6 Å². The van der Waals surface area contributed by atoms with Crippen LogP contribution in [0.4, 0.5) is 8.78 Å². The number of aryl methyl sites for hydroxylation is 1. The molecule has 0 atom stereocenters. The van der Waals surface area contributed by atoms with Crippen LogP contribution in [-0.4, -0.2) is 45.5 Å². The van der Waals surface area contributed by atoms with Crippen LogP contribution in [-0.2, 0) is 6.54 Å². The molecule has 0 fully saturated rings. The summed E-state index contributed by atoms with van der Waals surface area (Å²) >= 11 is 4.66. The highest BCUT2D eigenvalue weighted by molar-refractivity contribution is 7.80. The standard InChI is InChI=1S/C9H15F2N5S/c1-15(2)4-3-5-16-7(8(10)11)6(9(12)17)13-14-16/h8H,3-5H2,1-2H3,(H2,12,17). The smallest absolute Gasteiger partial charge is 0.282 e. The molecular formula is C9H15F2N5S. The molecule has 1 aromatic rings. The van der Waals surface area contributed by atoms with E-state index in [-0.39, 0.29) is 16.4 Å². The first-order valence-electron chi connectivity index (χ1n) is 5.09. The van der Waals surface area contributed by atoms with E-state index in [0.29, 0.717) is 13.0 Å². The Morgan fingerprint density at radius 3 is 2.65 bits per heavy atom. The molecule has 0 radical (unpaired) electrons. The molecule has 8 heteroatoms. The molecule has 0 amide bonds. The third-order valence-corrected chi connectivity index (χ3v) is 2.38. The van der Waals surface area contributed by atoms with Gasteiger partial charge in [0.2, 0.25) is 0 Å². The van der Waals surface area contributed by atoms with E-state index in [4.69, 9.17) is 5.73 Å². The third kappa shape index (κ3) is 3.67. The third-order valence-electron chi connectivity index (χ3n) is 2.19. The molecule has 1 heterocycles. The fourth-order valence-corrected chi connectivity index (χ4v) is 1.56. The summed E-state index contributed by atoms with van der Waals surface area (Å²) in [6, 6.07) is 0. The van der Waals surface area contributed by atoms with Crippen molar-refractivity contribution in [2.45, 2.75) is 19.4 Å². The molecule has 0 aliphatic carbocycles. The first kappa shape index (κ1) is 13.9. The van der Waals surface area contributed by atoms with Crippen LogP contribution in [0.5, 0.6) is 0 Å². The zero-order chi connectivity index (χ0) is 13.0. The summed E-state index contributed by atoms with van der Waals surface area (Å²) in [6.07, 6.45) is -1.98. The molecule has 0 unspecified atom stereocenters. The van der Waals surface area contributed by atoms with Gasteiger partial charge in [-0.2, -0.15) is 0 Å². The Morgan fingerprint density at radius 2 is 2.18 bits per heavy atom. The van der Waals surface area contributed by atoms with Crippen molar-refractivity contribution in [3.8, 4) is 0 Å². The number of aromatic nitrogens is 3. The van der Waals surface area contributed by atoms with Gasteiger partial charge >= 0.3 is 0 Å². The Labute approximate surface area is 104 Å². The average molecular weight is 263 g/mol. The van der Waals surface area contributed by atoms with Gasteiger partial charge in [0.1, 0.15) is 16.4 Å². The quantitative estimate of drug-likeness (QED) is 0.769. The van der Waals surface area contributed by atoms with Crippen LogP contribution in [0.15, 0.2) is 0 Å². The minimum Gasteiger partial charge on any atom is -0.388 e. The number of alkyl halides is 2. The van der Waals surface area contributed by atoms with Gasteiger partial charge in [-0.15, -0.1) is 5.10 Å². The first-order chi connectivity index (χ1) is 7.93. The summed E-state index contributed by atoms with van der Waals surface area (Å²) in [4.78, 5) is 1.81. The molecule has 0 aliphatic heterocycles. The maximum Gasteiger partial charge on any atom is 0.282 e. The summed E-state index contributed by atoms with van der Waals surface area (Å²) in [7, 11) is 3.83. The molecule has 17 heavy (non-hydrogen) atoms. The summed E-state index contributed by atoms with van der Waals surface area (Å²) < 4.78 is 26.9. The number of thiocarbonyl (C=S) groups is 1. The van der Waals surface area contributed by atoms with E-state index in [1.54, 1.807) is 0 Å². The number of halogens is 2. The lowest BCUT2D eigenvalue weighted by molar-refractivity contribution is 0.138.